The standard InChI is InChI=1S/C14H13N7O4/c1-2-24-14(23)11-12(17-8-16-11)20-19-10(6-15)13(22)21-18-7-9-4-3-5-25-9/h3-5,7-8,20H,2H2,1H3,(H,16,17)(H,21,22)/b18-7-,19-10-. The number of imidazole rings is 1. The van der Waals surface area contributed by atoms with Crippen molar-refractivity contribution in [2.75, 3.05) is 12.0 Å². The molecule has 0 saturated heterocycles. The van der Waals surface area contributed by atoms with Crippen LogP contribution in [0.15, 0.2) is 39.3 Å². The van der Waals surface area contributed by atoms with E-state index >= 15 is 0 Å². The minimum atomic E-state index is -0.856. The molecule has 0 aliphatic rings. The number of aromatic amines is 1. The van der Waals surface area contributed by atoms with Crippen molar-refractivity contribution in [2.45, 2.75) is 6.92 Å². The number of H-pyrrole nitrogens is 1. The first-order valence-corrected chi connectivity index (χ1v) is 6.97. The molecule has 0 aliphatic carbocycles. The number of rotatable bonds is 7. The van der Waals surface area contributed by atoms with Gasteiger partial charge in [0.05, 0.1) is 25.4 Å². The molecule has 0 fully saturated rings. The molecule has 0 aromatic carbocycles. The Morgan fingerprint density at radius 3 is 3.08 bits per heavy atom. The Kier molecular flexibility index (Phi) is 6.01. The highest BCUT2D eigenvalue weighted by Gasteiger charge is 2.16. The lowest BCUT2D eigenvalue weighted by atomic mass is 10.4. The van der Waals surface area contributed by atoms with Gasteiger partial charge in [-0.15, -0.1) is 0 Å². The summed E-state index contributed by atoms with van der Waals surface area (Å²) in [5.41, 5.74) is 3.97. The molecule has 2 aromatic rings. The third kappa shape index (κ3) is 4.76. The maximum Gasteiger partial charge on any atom is 0.358 e. The highest BCUT2D eigenvalue weighted by molar-refractivity contribution is 6.45. The Labute approximate surface area is 141 Å². The topological polar surface area (TPSA) is 158 Å². The van der Waals surface area contributed by atoms with Crippen molar-refractivity contribution >= 4 is 29.6 Å². The second-order valence-electron chi connectivity index (χ2n) is 4.25. The fraction of sp³-hybridized carbons (Fsp3) is 0.143. The number of amides is 1. The van der Waals surface area contributed by atoms with E-state index in [1.165, 1.54) is 18.8 Å². The summed E-state index contributed by atoms with van der Waals surface area (Å²) in [6.07, 6.45) is 3.94. The molecule has 0 saturated carbocycles. The molecule has 0 unspecified atom stereocenters. The summed E-state index contributed by atoms with van der Waals surface area (Å²) in [6.45, 7) is 1.83. The van der Waals surface area contributed by atoms with Crippen LogP contribution in [0, 0.1) is 11.3 Å². The Morgan fingerprint density at radius 1 is 1.56 bits per heavy atom. The molecule has 0 bridgehead atoms. The Bertz CT molecular complexity index is 830. The fourth-order valence-electron chi connectivity index (χ4n) is 1.55. The van der Waals surface area contributed by atoms with Crippen molar-refractivity contribution in [3.05, 3.63) is 36.2 Å². The van der Waals surface area contributed by atoms with Crippen molar-refractivity contribution in [3.8, 4) is 6.07 Å². The van der Waals surface area contributed by atoms with Gasteiger partial charge in [-0.2, -0.15) is 15.5 Å². The van der Waals surface area contributed by atoms with E-state index in [1.807, 2.05) is 0 Å². The van der Waals surface area contributed by atoms with Crippen LogP contribution in [0.1, 0.15) is 23.2 Å². The summed E-state index contributed by atoms with van der Waals surface area (Å²) in [7, 11) is 0. The van der Waals surface area contributed by atoms with E-state index in [4.69, 9.17) is 14.4 Å². The third-order valence-electron chi connectivity index (χ3n) is 2.61. The van der Waals surface area contributed by atoms with Gasteiger partial charge < -0.3 is 14.1 Å². The van der Waals surface area contributed by atoms with Crippen LogP contribution in [0.25, 0.3) is 0 Å². The van der Waals surface area contributed by atoms with Gasteiger partial charge in [0.1, 0.15) is 11.8 Å². The van der Waals surface area contributed by atoms with Gasteiger partial charge >= 0.3 is 11.9 Å². The first kappa shape index (κ1) is 17.4. The summed E-state index contributed by atoms with van der Waals surface area (Å²) in [6, 6.07) is 4.89. The first-order chi connectivity index (χ1) is 12.2. The zero-order valence-corrected chi connectivity index (χ0v) is 13.0. The van der Waals surface area contributed by atoms with Gasteiger partial charge in [-0.05, 0) is 19.1 Å². The number of carbonyl (C=O) groups excluding carboxylic acids is 2. The Morgan fingerprint density at radius 2 is 2.40 bits per heavy atom. The van der Waals surface area contributed by atoms with E-state index in [-0.39, 0.29) is 18.1 Å². The molecule has 128 valence electrons. The number of ether oxygens (including phenoxy) is 1. The van der Waals surface area contributed by atoms with Crippen molar-refractivity contribution in [3.63, 3.8) is 0 Å². The zero-order valence-electron chi connectivity index (χ0n) is 13.0. The van der Waals surface area contributed by atoms with E-state index in [9.17, 15) is 9.59 Å². The van der Waals surface area contributed by atoms with Gasteiger partial charge in [0.15, 0.2) is 11.5 Å². The van der Waals surface area contributed by atoms with E-state index in [2.05, 4.69) is 31.0 Å². The molecule has 25 heavy (non-hydrogen) atoms. The van der Waals surface area contributed by atoms with Crippen molar-refractivity contribution in [2.24, 2.45) is 10.2 Å². The minimum absolute atomic E-state index is 0.0121. The average Bonchev–Trinajstić information content (AvgIpc) is 3.27. The zero-order chi connectivity index (χ0) is 18.1. The second kappa shape index (κ2) is 8.63. The molecule has 0 spiro atoms. The van der Waals surface area contributed by atoms with E-state index in [0.717, 1.165) is 0 Å². The molecule has 2 heterocycles. The number of hydrazone groups is 2. The minimum Gasteiger partial charge on any atom is -0.463 e. The van der Waals surface area contributed by atoms with Crippen LogP contribution in [0.3, 0.4) is 0 Å². The number of aromatic nitrogens is 2. The predicted octanol–water partition coefficient (Wildman–Crippen LogP) is 0.621. The molecular weight excluding hydrogens is 330 g/mol. The van der Waals surface area contributed by atoms with Crippen LogP contribution in [-0.2, 0) is 9.53 Å². The van der Waals surface area contributed by atoms with Crippen LogP contribution in [0.5, 0.6) is 0 Å². The molecule has 2 aromatic heterocycles. The van der Waals surface area contributed by atoms with Crippen LogP contribution >= 0.6 is 0 Å². The van der Waals surface area contributed by atoms with Crippen LogP contribution in [0.4, 0.5) is 5.82 Å². The fourth-order valence-corrected chi connectivity index (χ4v) is 1.55. The molecule has 11 heteroatoms. The number of nitriles is 1. The number of hydrogen-bond acceptors (Lipinski definition) is 9. The van der Waals surface area contributed by atoms with Gasteiger partial charge in [-0.1, -0.05) is 0 Å². The molecule has 0 radical (unpaired) electrons. The number of hydrogen-bond donors (Lipinski definition) is 3. The number of anilines is 1. The van der Waals surface area contributed by atoms with Crippen LogP contribution in [-0.4, -0.2) is 40.4 Å². The van der Waals surface area contributed by atoms with Crippen molar-refractivity contribution in [1.82, 2.24) is 15.4 Å². The largest absolute Gasteiger partial charge is 0.463 e. The molecule has 11 nitrogen and oxygen atoms in total. The summed E-state index contributed by atoms with van der Waals surface area (Å²) in [4.78, 5) is 29.9. The quantitative estimate of drug-likeness (QED) is 0.377. The smallest absolute Gasteiger partial charge is 0.358 e. The lowest BCUT2D eigenvalue weighted by Crippen LogP contribution is -2.27. The Balaban J connectivity index is 2.01. The number of furan rings is 1. The van der Waals surface area contributed by atoms with Crippen LogP contribution in [0.2, 0.25) is 0 Å². The lowest BCUT2D eigenvalue weighted by Gasteiger charge is -2.02. The number of nitrogens with zero attached hydrogens (tertiary/aromatic N) is 4. The number of esters is 1. The summed E-state index contributed by atoms with van der Waals surface area (Å²) in [5.74, 6) is -1.07. The molecule has 3 N–H and O–H groups in total. The monoisotopic (exact) mass is 343 g/mol. The van der Waals surface area contributed by atoms with Gasteiger partial charge in [0.2, 0.25) is 5.71 Å². The van der Waals surface area contributed by atoms with E-state index in [1.54, 1.807) is 25.1 Å². The summed E-state index contributed by atoms with van der Waals surface area (Å²) < 4.78 is 9.82. The van der Waals surface area contributed by atoms with Gasteiger partial charge in [0, 0.05) is 0 Å². The van der Waals surface area contributed by atoms with Gasteiger partial charge in [0.25, 0.3) is 0 Å². The third-order valence-corrected chi connectivity index (χ3v) is 2.61. The SMILES string of the molecule is CCOC(=O)c1[nH]cnc1N/N=C(/C#N)C(=O)N/N=C\c1ccco1. The molecule has 0 atom stereocenters. The second-order valence-corrected chi connectivity index (χ2v) is 4.25. The highest BCUT2D eigenvalue weighted by Crippen LogP contribution is 2.10. The van der Waals surface area contributed by atoms with Gasteiger partial charge in [-0.3, -0.25) is 10.2 Å². The first-order valence-electron chi connectivity index (χ1n) is 6.97. The maximum absolute atomic E-state index is 11.8. The maximum atomic E-state index is 11.8. The summed E-state index contributed by atoms with van der Waals surface area (Å²) >= 11 is 0. The van der Waals surface area contributed by atoms with Crippen molar-refractivity contribution < 1.29 is 18.7 Å². The number of carbonyl (C=O) groups is 2. The Hall–Kier alpha value is -3.94. The van der Waals surface area contributed by atoms with E-state index in [0.29, 0.717) is 5.76 Å². The highest BCUT2D eigenvalue weighted by atomic mass is 16.5. The summed E-state index contributed by atoms with van der Waals surface area (Å²) in [5, 5.41) is 16.2. The molecule has 0 aliphatic heterocycles. The molecular formula is C14H13N7O4. The van der Waals surface area contributed by atoms with Crippen molar-refractivity contribution in [1.29, 1.82) is 5.26 Å². The lowest BCUT2D eigenvalue weighted by molar-refractivity contribution is -0.114. The van der Waals surface area contributed by atoms with Crippen LogP contribution < -0.4 is 10.9 Å². The number of nitrogens with one attached hydrogen (secondary N) is 3. The molecule has 1 amide bonds. The van der Waals surface area contributed by atoms with E-state index < -0.39 is 17.6 Å². The normalized spacial score (nSPS) is 11.1. The predicted molar refractivity (Wildman–Crippen MR) is 85.7 cm³/mol. The molecule has 2 rings (SSSR count). The van der Waals surface area contributed by atoms with Gasteiger partial charge in [-0.25, -0.2) is 15.2 Å². The average molecular weight is 343 g/mol.